The molecule has 1 rings (SSSR count). The van der Waals surface area contributed by atoms with Crippen molar-refractivity contribution < 1.29 is 13.9 Å². The van der Waals surface area contributed by atoms with Gasteiger partial charge in [-0.1, -0.05) is 25.6 Å². The Kier molecular flexibility index (Phi) is 6.94. The van der Waals surface area contributed by atoms with E-state index in [2.05, 4.69) is 10.3 Å². The molecule has 1 unspecified atom stereocenters. The number of oxazole rings is 1. The summed E-state index contributed by atoms with van der Waals surface area (Å²) < 4.78 is 10.3. The number of nitrogens with one attached hydrogen (secondary N) is 1. The highest BCUT2D eigenvalue weighted by Crippen LogP contribution is 2.18. The third-order valence-electron chi connectivity index (χ3n) is 2.34. The summed E-state index contributed by atoms with van der Waals surface area (Å²) in [5.41, 5.74) is 0.866. The quantitative estimate of drug-likeness (QED) is 0.585. The van der Waals surface area contributed by atoms with Crippen molar-refractivity contribution in [2.75, 3.05) is 12.4 Å². The third kappa shape index (κ3) is 6.11. The average Bonchev–Trinajstić information content (AvgIpc) is 2.73. The number of thioether (sulfide) groups is 1. The van der Waals surface area contributed by atoms with Gasteiger partial charge >= 0.3 is 5.97 Å². The van der Waals surface area contributed by atoms with Crippen LogP contribution in [0.2, 0.25) is 0 Å². The highest BCUT2D eigenvalue weighted by molar-refractivity contribution is 7.99. The van der Waals surface area contributed by atoms with Crippen molar-refractivity contribution in [3.05, 3.63) is 12.0 Å². The molecule has 1 atom stereocenters. The first-order chi connectivity index (χ1) is 9.02. The van der Waals surface area contributed by atoms with Crippen LogP contribution in [-0.4, -0.2) is 35.4 Å². The van der Waals surface area contributed by atoms with Gasteiger partial charge in [0.25, 0.3) is 5.22 Å². The van der Waals surface area contributed by atoms with Gasteiger partial charge in [-0.05, 0) is 20.3 Å². The number of ether oxygens (including phenoxy) is 1. The van der Waals surface area contributed by atoms with Crippen LogP contribution in [0, 0.1) is 6.92 Å². The van der Waals surface area contributed by atoms with E-state index in [1.54, 1.807) is 6.26 Å². The summed E-state index contributed by atoms with van der Waals surface area (Å²) >= 11 is 1.51. The van der Waals surface area contributed by atoms with Crippen molar-refractivity contribution in [1.29, 1.82) is 0 Å². The molecule has 0 fully saturated rings. The summed E-state index contributed by atoms with van der Waals surface area (Å²) in [7, 11) is 0. The highest BCUT2D eigenvalue weighted by Gasteiger charge is 2.20. The van der Waals surface area contributed by atoms with E-state index in [0.29, 0.717) is 18.3 Å². The number of hydrogen-bond acceptors (Lipinski definition) is 6. The van der Waals surface area contributed by atoms with Crippen LogP contribution in [0.5, 0.6) is 0 Å². The molecule has 0 saturated heterocycles. The van der Waals surface area contributed by atoms with E-state index in [1.807, 2.05) is 27.7 Å². The summed E-state index contributed by atoms with van der Waals surface area (Å²) in [6, 6.07) is -0.0353. The molecule has 0 aromatic carbocycles. The zero-order valence-electron chi connectivity index (χ0n) is 11.9. The molecule has 0 bridgehead atoms. The maximum atomic E-state index is 11.8. The standard InChI is InChI=1S/C13H22N2O3S/c1-5-17-12(16)11(14-9(2)3)6-7-19-13-15-10(4)8-18-13/h8-9,11,14H,5-7H2,1-4H3. The molecule has 0 aliphatic carbocycles. The smallest absolute Gasteiger partial charge is 0.323 e. The van der Waals surface area contributed by atoms with E-state index in [9.17, 15) is 4.79 Å². The molecular formula is C13H22N2O3S. The van der Waals surface area contributed by atoms with Gasteiger partial charge in [-0.3, -0.25) is 4.79 Å². The van der Waals surface area contributed by atoms with Gasteiger partial charge in [-0.25, -0.2) is 4.98 Å². The van der Waals surface area contributed by atoms with Crippen LogP contribution in [0.3, 0.4) is 0 Å². The predicted octanol–water partition coefficient (Wildman–Crippen LogP) is 2.39. The van der Waals surface area contributed by atoms with E-state index in [4.69, 9.17) is 9.15 Å². The lowest BCUT2D eigenvalue weighted by atomic mass is 10.2. The Morgan fingerprint density at radius 3 is 2.84 bits per heavy atom. The minimum absolute atomic E-state index is 0.194. The second kappa shape index (κ2) is 8.22. The first kappa shape index (κ1) is 16.0. The highest BCUT2D eigenvalue weighted by atomic mass is 32.2. The van der Waals surface area contributed by atoms with E-state index >= 15 is 0 Å². The Morgan fingerprint density at radius 2 is 2.32 bits per heavy atom. The minimum atomic E-state index is -0.275. The number of nitrogens with zero attached hydrogens (tertiary/aromatic N) is 1. The number of esters is 1. The first-order valence-electron chi connectivity index (χ1n) is 6.50. The number of carbonyl (C=O) groups is 1. The molecule has 19 heavy (non-hydrogen) atoms. The SMILES string of the molecule is CCOC(=O)C(CCSc1nc(C)co1)NC(C)C. The first-order valence-corrected chi connectivity index (χ1v) is 7.49. The van der Waals surface area contributed by atoms with Crippen LogP contribution < -0.4 is 5.32 Å². The van der Waals surface area contributed by atoms with Gasteiger partial charge in [0.15, 0.2) is 0 Å². The normalized spacial score (nSPS) is 12.7. The van der Waals surface area contributed by atoms with Gasteiger partial charge in [0.1, 0.15) is 12.3 Å². The summed E-state index contributed by atoms with van der Waals surface area (Å²) in [4.78, 5) is 16.0. The van der Waals surface area contributed by atoms with Crippen LogP contribution in [0.15, 0.2) is 15.9 Å². The third-order valence-corrected chi connectivity index (χ3v) is 3.21. The second-order valence-corrected chi connectivity index (χ2v) is 5.56. The Labute approximate surface area is 118 Å². The molecule has 108 valence electrons. The topological polar surface area (TPSA) is 64.4 Å². The molecule has 1 aromatic heterocycles. The van der Waals surface area contributed by atoms with Gasteiger partial charge in [-0.2, -0.15) is 0 Å². The molecule has 5 nitrogen and oxygen atoms in total. The largest absolute Gasteiger partial charge is 0.465 e. The molecule has 0 aliphatic heterocycles. The zero-order valence-corrected chi connectivity index (χ0v) is 12.8. The van der Waals surface area contributed by atoms with Crippen LogP contribution in [0.25, 0.3) is 0 Å². The molecular weight excluding hydrogens is 264 g/mol. The van der Waals surface area contributed by atoms with Crippen LogP contribution >= 0.6 is 11.8 Å². The molecule has 0 saturated carbocycles. The summed E-state index contributed by atoms with van der Waals surface area (Å²) in [5, 5.41) is 3.86. The Bertz CT molecular complexity index is 393. The number of hydrogen-bond donors (Lipinski definition) is 1. The molecule has 0 spiro atoms. The van der Waals surface area contributed by atoms with Crippen LogP contribution in [0.1, 0.15) is 32.9 Å². The molecule has 0 amide bonds. The van der Waals surface area contributed by atoms with E-state index < -0.39 is 0 Å². The fourth-order valence-corrected chi connectivity index (χ4v) is 2.43. The van der Waals surface area contributed by atoms with Gasteiger partial charge in [0.05, 0.1) is 12.3 Å². The maximum Gasteiger partial charge on any atom is 0.323 e. The van der Waals surface area contributed by atoms with Crippen LogP contribution in [0.4, 0.5) is 0 Å². The lowest BCUT2D eigenvalue weighted by Crippen LogP contribution is -2.42. The van der Waals surface area contributed by atoms with Crippen LogP contribution in [-0.2, 0) is 9.53 Å². The van der Waals surface area contributed by atoms with E-state index in [-0.39, 0.29) is 18.1 Å². The number of rotatable bonds is 8. The molecule has 6 heteroatoms. The molecule has 1 heterocycles. The Hall–Kier alpha value is -1.01. The summed E-state index contributed by atoms with van der Waals surface area (Å²) in [5.74, 6) is 0.559. The second-order valence-electron chi connectivity index (χ2n) is 4.52. The van der Waals surface area contributed by atoms with Crippen molar-refractivity contribution in [3.63, 3.8) is 0 Å². The van der Waals surface area contributed by atoms with Crippen molar-refractivity contribution in [1.82, 2.24) is 10.3 Å². The van der Waals surface area contributed by atoms with Gasteiger partial charge in [-0.15, -0.1) is 0 Å². The minimum Gasteiger partial charge on any atom is -0.465 e. The Balaban J connectivity index is 2.41. The Morgan fingerprint density at radius 1 is 1.58 bits per heavy atom. The van der Waals surface area contributed by atoms with Gasteiger partial charge in [0, 0.05) is 11.8 Å². The van der Waals surface area contributed by atoms with E-state index in [1.165, 1.54) is 11.8 Å². The van der Waals surface area contributed by atoms with Gasteiger partial charge < -0.3 is 14.5 Å². The maximum absolute atomic E-state index is 11.8. The number of aromatic nitrogens is 1. The lowest BCUT2D eigenvalue weighted by molar-refractivity contribution is -0.145. The summed E-state index contributed by atoms with van der Waals surface area (Å²) in [6.07, 6.45) is 2.31. The number of carbonyl (C=O) groups excluding carboxylic acids is 1. The summed E-state index contributed by atoms with van der Waals surface area (Å²) in [6.45, 7) is 8.12. The van der Waals surface area contributed by atoms with Crippen molar-refractivity contribution >= 4 is 17.7 Å². The molecule has 1 aromatic rings. The molecule has 1 N–H and O–H groups in total. The zero-order chi connectivity index (χ0) is 14.3. The molecule has 0 aliphatic rings. The fourth-order valence-electron chi connectivity index (χ4n) is 1.58. The monoisotopic (exact) mass is 286 g/mol. The van der Waals surface area contributed by atoms with E-state index in [0.717, 1.165) is 11.4 Å². The predicted molar refractivity (Wildman–Crippen MR) is 75.3 cm³/mol. The van der Waals surface area contributed by atoms with Crippen molar-refractivity contribution in [3.8, 4) is 0 Å². The fraction of sp³-hybridized carbons (Fsp3) is 0.692. The van der Waals surface area contributed by atoms with Gasteiger partial charge in [0.2, 0.25) is 0 Å². The lowest BCUT2D eigenvalue weighted by Gasteiger charge is -2.19. The van der Waals surface area contributed by atoms with Crippen molar-refractivity contribution in [2.24, 2.45) is 0 Å². The number of aryl methyl sites for hydroxylation is 1. The average molecular weight is 286 g/mol. The molecule has 0 radical (unpaired) electrons. The van der Waals surface area contributed by atoms with Crippen molar-refractivity contribution in [2.45, 2.75) is 51.4 Å².